The fourth-order valence-corrected chi connectivity index (χ4v) is 2.04. The first-order valence-electron chi connectivity index (χ1n) is 7.06. The molecule has 1 N–H and O–H groups in total. The van der Waals surface area contributed by atoms with Crippen molar-refractivity contribution < 1.29 is 9.53 Å². The van der Waals surface area contributed by atoms with Crippen LogP contribution in [-0.4, -0.2) is 31.1 Å². The molecule has 0 unspecified atom stereocenters. The molecule has 2 amide bonds. The average Bonchev–Trinajstić information content (AvgIpc) is 2.54. The van der Waals surface area contributed by atoms with Gasteiger partial charge in [-0.25, -0.2) is 4.79 Å². The molecule has 22 heavy (non-hydrogen) atoms. The summed E-state index contributed by atoms with van der Waals surface area (Å²) in [7, 11) is 1.75. The molecule has 2 aromatic rings. The minimum Gasteiger partial charge on any atom is -0.492 e. The largest absolute Gasteiger partial charge is 0.492 e. The zero-order chi connectivity index (χ0) is 15.8. The van der Waals surface area contributed by atoms with Gasteiger partial charge in [-0.05, 0) is 29.8 Å². The number of carbonyl (C=O) groups is 1. The monoisotopic (exact) mass is 318 g/mol. The van der Waals surface area contributed by atoms with Gasteiger partial charge in [-0.15, -0.1) is 0 Å². The Labute approximate surface area is 135 Å². The molecular formula is C17H19ClN2O2. The van der Waals surface area contributed by atoms with E-state index < -0.39 is 0 Å². The molecule has 0 atom stereocenters. The third-order valence-corrected chi connectivity index (χ3v) is 3.32. The summed E-state index contributed by atoms with van der Waals surface area (Å²) in [5.41, 5.74) is 1.03. The topological polar surface area (TPSA) is 41.6 Å². The lowest BCUT2D eigenvalue weighted by Gasteiger charge is -2.18. The summed E-state index contributed by atoms with van der Waals surface area (Å²) in [6, 6.07) is 16.8. The van der Waals surface area contributed by atoms with E-state index in [1.165, 1.54) is 0 Å². The van der Waals surface area contributed by atoms with E-state index in [1.54, 1.807) is 11.9 Å². The Morgan fingerprint density at radius 1 is 1.14 bits per heavy atom. The minimum absolute atomic E-state index is 0.133. The van der Waals surface area contributed by atoms with Crippen molar-refractivity contribution >= 4 is 17.6 Å². The number of hydrogen-bond acceptors (Lipinski definition) is 2. The van der Waals surface area contributed by atoms with Crippen LogP contribution in [-0.2, 0) is 6.54 Å². The fraction of sp³-hybridized carbons (Fsp3) is 0.235. The normalized spacial score (nSPS) is 10.1. The van der Waals surface area contributed by atoms with Crippen LogP contribution in [0.15, 0.2) is 54.6 Å². The molecule has 0 saturated heterocycles. The highest BCUT2D eigenvalue weighted by Crippen LogP contribution is 2.11. The van der Waals surface area contributed by atoms with Gasteiger partial charge < -0.3 is 15.0 Å². The lowest BCUT2D eigenvalue weighted by molar-refractivity contribution is 0.203. The Morgan fingerprint density at radius 2 is 1.82 bits per heavy atom. The standard InChI is InChI=1S/C17H19ClN2O2/c1-20(13-14-7-9-15(18)10-8-14)17(21)19-11-12-22-16-5-3-2-4-6-16/h2-10H,11-13H2,1H3,(H,19,21). The second-order valence-electron chi connectivity index (χ2n) is 4.88. The predicted molar refractivity (Wildman–Crippen MR) is 88.3 cm³/mol. The third-order valence-electron chi connectivity index (χ3n) is 3.07. The van der Waals surface area contributed by atoms with Crippen LogP contribution in [0.2, 0.25) is 5.02 Å². The summed E-state index contributed by atoms with van der Waals surface area (Å²) in [4.78, 5) is 13.6. The maximum absolute atomic E-state index is 12.0. The Bertz CT molecular complexity index is 587. The summed E-state index contributed by atoms with van der Waals surface area (Å²) in [6.45, 7) is 1.42. The van der Waals surface area contributed by atoms with Crippen molar-refractivity contribution in [2.24, 2.45) is 0 Å². The number of ether oxygens (including phenoxy) is 1. The average molecular weight is 319 g/mol. The predicted octanol–water partition coefficient (Wildman–Crippen LogP) is 3.56. The Balaban J connectivity index is 1.69. The maximum atomic E-state index is 12.0. The van der Waals surface area contributed by atoms with Gasteiger partial charge in [0.2, 0.25) is 0 Å². The van der Waals surface area contributed by atoms with Crippen LogP contribution in [0, 0.1) is 0 Å². The zero-order valence-corrected chi connectivity index (χ0v) is 13.2. The van der Waals surface area contributed by atoms with Crippen molar-refractivity contribution in [2.45, 2.75) is 6.54 Å². The van der Waals surface area contributed by atoms with Crippen molar-refractivity contribution in [1.29, 1.82) is 0 Å². The molecule has 0 aromatic heterocycles. The smallest absolute Gasteiger partial charge is 0.317 e. The molecule has 0 aliphatic rings. The fourth-order valence-electron chi connectivity index (χ4n) is 1.91. The molecule has 116 valence electrons. The van der Waals surface area contributed by atoms with Gasteiger partial charge in [0.05, 0.1) is 6.54 Å². The molecule has 0 aliphatic heterocycles. The third kappa shape index (κ3) is 5.30. The summed E-state index contributed by atoms with van der Waals surface area (Å²) in [6.07, 6.45) is 0. The number of nitrogens with zero attached hydrogens (tertiary/aromatic N) is 1. The molecule has 0 fully saturated rings. The van der Waals surface area contributed by atoms with Gasteiger partial charge in [0.15, 0.2) is 0 Å². The van der Waals surface area contributed by atoms with Crippen LogP contribution in [0.25, 0.3) is 0 Å². The molecule has 0 radical (unpaired) electrons. The SMILES string of the molecule is CN(Cc1ccc(Cl)cc1)C(=O)NCCOc1ccccc1. The number of halogens is 1. The minimum atomic E-state index is -0.133. The molecular weight excluding hydrogens is 300 g/mol. The molecule has 0 aliphatic carbocycles. The first-order valence-corrected chi connectivity index (χ1v) is 7.44. The maximum Gasteiger partial charge on any atom is 0.317 e. The van der Waals surface area contributed by atoms with Crippen molar-refractivity contribution in [2.75, 3.05) is 20.2 Å². The van der Waals surface area contributed by atoms with E-state index in [-0.39, 0.29) is 6.03 Å². The number of hydrogen-bond donors (Lipinski definition) is 1. The van der Waals surface area contributed by atoms with Gasteiger partial charge >= 0.3 is 6.03 Å². The Kier molecular flexibility index (Phi) is 6.10. The number of benzene rings is 2. The van der Waals surface area contributed by atoms with E-state index in [0.717, 1.165) is 11.3 Å². The van der Waals surface area contributed by atoms with Crippen LogP contribution < -0.4 is 10.1 Å². The summed E-state index contributed by atoms with van der Waals surface area (Å²) < 4.78 is 5.52. The van der Waals surface area contributed by atoms with Gasteiger partial charge in [0, 0.05) is 18.6 Å². The van der Waals surface area contributed by atoms with Gasteiger partial charge in [-0.3, -0.25) is 0 Å². The van der Waals surface area contributed by atoms with Crippen LogP contribution in [0.4, 0.5) is 4.79 Å². The molecule has 0 saturated carbocycles. The zero-order valence-electron chi connectivity index (χ0n) is 12.5. The number of rotatable bonds is 6. The number of amides is 2. The van der Waals surface area contributed by atoms with E-state index >= 15 is 0 Å². The lowest BCUT2D eigenvalue weighted by Crippen LogP contribution is -2.38. The first-order chi connectivity index (χ1) is 10.6. The summed E-state index contributed by atoms with van der Waals surface area (Å²) >= 11 is 5.84. The lowest BCUT2D eigenvalue weighted by atomic mass is 10.2. The van der Waals surface area contributed by atoms with E-state index in [0.29, 0.717) is 24.7 Å². The number of carbonyl (C=O) groups excluding carboxylic acids is 1. The Morgan fingerprint density at radius 3 is 2.50 bits per heavy atom. The highest BCUT2D eigenvalue weighted by Gasteiger charge is 2.08. The Hall–Kier alpha value is -2.20. The summed E-state index contributed by atoms with van der Waals surface area (Å²) in [5, 5.41) is 3.51. The van der Waals surface area contributed by atoms with Crippen LogP contribution in [0.5, 0.6) is 5.75 Å². The second kappa shape index (κ2) is 8.29. The molecule has 0 bridgehead atoms. The molecule has 2 aromatic carbocycles. The number of urea groups is 1. The van der Waals surface area contributed by atoms with Crippen LogP contribution in [0.3, 0.4) is 0 Å². The van der Waals surface area contributed by atoms with E-state index in [4.69, 9.17) is 16.3 Å². The molecule has 4 nitrogen and oxygen atoms in total. The highest BCUT2D eigenvalue weighted by molar-refractivity contribution is 6.30. The van der Waals surface area contributed by atoms with E-state index in [2.05, 4.69) is 5.32 Å². The van der Waals surface area contributed by atoms with Gasteiger partial charge in [-0.1, -0.05) is 41.9 Å². The number of nitrogens with one attached hydrogen (secondary N) is 1. The van der Waals surface area contributed by atoms with Gasteiger partial charge in [0.1, 0.15) is 12.4 Å². The van der Waals surface area contributed by atoms with Gasteiger partial charge in [0.25, 0.3) is 0 Å². The molecule has 5 heteroatoms. The van der Waals surface area contributed by atoms with Gasteiger partial charge in [-0.2, -0.15) is 0 Å². The van der Waals surface area contributed by atoms with Crippen molar-refractivity contribution in [1.82, 2.24) is 10.2 Å². The van der Waals surface area contributed by atoms with E-state index in [9.17, 15) is 4.79 Å². The second-order valence-corrected chi connectivity index (χ2v) is 5.31. The molecule has 0 heterocycles. The molecule has 2 rings (SSSR count). The van der Waals surface area contributed by atoms with Crippen molar-refractivity contribution in [3.8, 4) is 5.75 Å². The highest BCUT2D eigenvalue weighted by atomic mass is 35.5. The number of para-hydroxylation sites is 1. The van der Waals surface area contributed by atoms with Crippen LogP contribution in [0.1, 0.15) is 5.56 Å². The summed E-state index contributed by atoms with van der Waals surface area (Å²) in [5.74, 6) is 0.797. The van der Waals surface area contributed by atoms with E-state index in [1.807, 2.05) is 54.6 Å². The van der Waals surface area contributed by atoms with Crippen molar-refractivity contribution in [3.63, 3.8) is 0 Å². The van der Waals surface area contributed by atoms with Crippen LogP contribution >= 0.6 is 11.6 Å². The first kappa shape index (κ1) is 16.2. The van der Waals surface area contributed by atoms with Crippen molar-refractivity contribution in [3.05, 3.63) is 65.2 Å². The molecule has 0 spiro atoms. The quantitative estimate of drug-likeness (QED) is 0.827.